The molecular weight excluding hydrogens is 196 g/mol. The van der Waals surface area contributed by atoms with Crippen molar-refractivity contribution in [2.24, 2.45) is 17.1 Å². The second kappa shape index (κ2) is 5.50. The first-order valence-electron chi connectivity index (χ1n) is 6.76. The minimum absolute atomic E-state index is 0.367. The Labute approximate surface area is 102 Å². The van der Waals surface area contributed by atoms with Crippen LogP contribution in [0, 0.1) is 11.3 Å². The molecule has 0 aromatic rings. The Balaban J connectivity index is 2.41. The molecule has 2 heteroatoms. The van der Waals surface area contributed by atoms with Crippen LogP contribution in [0.2, 0.25) is 0 Å². The van der Waals surface area contributed by atoms with Gasteiger partial charge in [0.1, 0.15) is 0 Å². The van der Waals surface area contributed by atoms with Crippen molar-refractivity contribution in [2.75, 3.05) is 13.6 Å². The maximum atomic E-state index is 6.04. The number of hydrogen-bond acceptors (Lipinski definition) is 2. The van der Waals surface area contributed by atoms with Gasteiger partial charge in [0.15, 0.2) is 0 Å². The molecule has 0 amide bonds. The molecule has 2 N–H and O–H groups in total. The van der Waals surface area contributed by atoms with Crippen molar-refractivity contribution in [2.45, 2.75) is 65.5 Å². The van der Waals surface area contributed by atoms with E-state index in [-0.39, 0.29) is 0 Å². The Morgan fingerprint density at radius 2 is 1.94 bits per heavy atom. The lowest BCUT2D eigenvalue weighted by molar-refractivity contribution is 0.110. The van der Waals surface area contributed by atoms with Gasteiger partial charge in [-0.15, -0.1) is 0 Å². The van der Waals surface area contributed by atoms with E-state index >= 15 is 0 Å². The van der Waals surface area contributed by atoms with E-state index in [9.17, 15) is 0 Å². The third-order valence-electron chi connectivity index (χ3n) is 4.28. The van der Waals surface area contributed by atoms with Crippen LogP contribution < -0.4 is 5.73 Å². The number of rotatable bonds is 3. The van der Waals surface area contributed by atoms with E-state index in [2.05, 4.69) is 39.6 Å². The van der Waals surface area contributed by atoms with Gasteiger partial charge in [-0.2, -0.15) is 0 Å². The Morgan fingerprint density at radius 1 is 1.31 bits per heavy atom. The lowest BCUT2D eigenvalue weighted by Crippen LogP contribution is -2.43. The Hall–Kier alpha value is -0.0800. The van der Waals surface area contributed by atoms with Crippen molar-refractivity contribution in [3.8, 4) is 0 Å². The van der Waals surface area contributed by atoms with E-state index in [1.165, 1.54) is 32.2 Å². The zero-order chi connectivity index (χ0) is 12.3. The van der Waals surface area contributed by atoms with E-state index in [4.69, 9.17) is 5.73 Å². The van der Waals surface area contributed by atoms with Gasteiger partial charge in [0.05, 0.1) is 0 Å². The number of hydrogen-bond donors (Lipinski definition) is 1. The van der Waals surface area contributed by atoms with Gasteiger partial charge in [0.2, 0.25) is 0 Å². The van der Waals surface area contributed by atoms with E-state index < -0.39 is 0 Å². The SMILES string of the molecule is CC(N(C)CC1CCCC(N)C1)C(C)(C)C. The number of nitrogens with zero attached hydrogens (tertiary/aromatic N) is 1. The molecule has 1 fully saturated rings. The summed E-state index contributed by atoms with van der Waals surface area (Å²) in [5.74, 6) is 0.818. The third kappa shape index (κ3) is 4.06. The summed E-state index contributed by atoms with van der Waals surface area (Å²) >= 11 is 0. The molecule has 0 heterocycles. The van der Waals surface area contributed by atoms with Crippen molar-refractivity contribution >= 4 is 0 Å². The van der Waals surface area contributed by atoms with Crippen LogP contribution in [-0.2, 0) is 0 Å². The molecule has 2 nitrogen and oxygen atoms in total. The Kier molecular flexibility index (Phi) is 4.81. The van der Waals surface area contributed by atoms with E-state index in [1.54, 1.807) is 0 Å². The fourth-order valence-corrected chi connectivity index (χ4v) is 2.72. The summed E-state index contributed by atoms with van der Waals surface area (Å²) in [5, 5.41) is 0. The molecule has 96 valence electrons. The van der Waals surface area contributed by atoms with Crippen molar-refractivity contribution < 1.29 is 0 Å². The predicted octanol–water partition coefficient (Wildman–Crippen LogP) is 2.87. The van der Waals surface area contributed by atoms with Gasteiger partial charge in [-0.3, -0.25) is 0 Å². The number of nitrogens with two attached hydrogens (primary N) is 1. The molecule has 0 saturated heterocycles. The molecule has 0 spiro atoms. The molecule has 0 radical (unpaired) electrons. The van der Waals surface area contributed by atoms with Crippen LogP contribution in [0.4, 0.5) is 0 Å². The van der Waals surface area contributed by atoms with Crippen LogP contribution in [0.5, 0.6) is 0 Å². The standard InChI is InChI=1S/C14H30N2/c1-11(14(2,3)4)16(5)10-12-7-6-8-13(15)9-12/h11-13H,6-10,15H2,1-5H3. The maximum absolute atomic E-state index is 6.04. The van der Waals surface area contributed by atoms with Crippen molar-refractivity contribution in [3.63, 3.8) is 0 Å². The van der Waals surface area contributed by atoms with Crippen LogP contribution in [0.15, 0.2) is 0 Å². The molecule has 3 atom stereocenters. The highest BCUT2D eigenvalue weighted by molar-refractivity contribution is 4.82. The van der Waals surface area contributed by atoms with Gasteiger partial charge in [0, 0.05) is 18.6 Å². The Morgan fingerprint density at radius 3 is 2.44 bits per heavy atom. The van der Waals surface area contributed by atoms with Crippen LogP contribution in [-0.4, -0.2) is 30.6 Å². The van der Waals surface area contributed by atoms with Crippen LogP contribution in [0.3, 0.4) is 0 Å². The molecule has 1 rings (SSSR count). The highest BCUT2D eigenvalue weighted by Gasteiger charge is 2.27. The molecule has 0 aliphatic heterocycles. The van der Waals surface area contributed by atoms with Crippen molar-refractivity contribution in [1.29, 1.82) is 0 Å². The summed E-state index contributed by atoms with van der Waals surface area (Å²) in [5.41, 5.74) is 6.41. The topological polar surface area (TPSA) is 29.3 Å². The molecular formula is C14H30N2. The zero-order valence-electron chi connectivity index (χ0n) is 11.8. The Bertz CT molecular complexity index is 207. The van der Waals surface area contributed by atoms with Crippen LogP contribution in [0.25, 0.3) is 0 Å². The fourth-order valence-electron chi connectivity index (χ4n) is 2.72. The summed E-state index contributed by atoms with van der Waals surface area (Å²) in [6.07, 6.45) is 5.15. The molecule has 1 aliphatic carbocycles. The van der Waals surface area contributed by atoms with Gasteiger partial charge in [0.25, 0.3) is 0 Å². The van der Waals surface area contributed by atoms with Crippen LogP contribution in [0.1, 0.15) is 53.4 Å². The smallest absolute Gasteiger partial charge is 0.0112 e. The second-order valence-corrected chi connectivity index (χ2v) is 6.77. The average Bonchev–Trinajstić information content (AvgIpc) is 2.15. The van der Waals surface area contributed by atoms with Crippen LogP contribution >= 0.6 is 0 Å². The minimum Gasteiger partial charge on any atom is -0.328 e. The lowest BCUT2D eigenvalue weighted by Gasteiger charge is -2.38. The minimum atomic E-state index is 0.367. The molecule has 0 bridgehead atoms. The highest BCUT2D eigenvalue weighted by atomic mass is 15.1. The summed E-state index contributed by atoms with van der Waals surface area (Å²) in [6.45, 7) is 10.5. The highest BCUT2D eigenvalue weighted by Crippen LogP contribution is 2.27. The molecule has 1 saturated carbocycles. The first-order chi connectivity index (χ1) is 7.30. The van der Waals surface area contributed by atoms with E-state index in [0.29, 0.717) is 17.5 Å². The quantitative estimate of drug-likeness (QED) is 0.802. The summed E-state index contributed by atoms with van der Waals surface area (Å²) < 4.78 is 0. The largest absolute Gasteiger partial charge is 0.328 e. The fraction of sp³-hybridized carbons (Fsp3) is 1.00. The molecule has 3 unspecified atom stereocenters. The first-order valence-corrected chi connectivity index (χ1v) is 6.76. The second-order valence-electron chi connectivity index (χ2n) is 6.77. The van der Waals surface area contributed by atoms with Gasteiger partial charge < -0.3 is 10.6 Å². The van der Waals surface area contributed by atoms with Crippen molar-refractivity contribution in [1.82, 2.24) is 4.90 Å². The lowest BCUT2D eigenvalue weighted by atomic mass is 9.83. The summed E-state index contributed by atoms with van der Waals surface area (Å²) in [7, 11) is 2.26. The van der Waals surface area contributed by atoms with E-state index in [1.807, 2.05) is 0 Å². The average molecular weight is 226 g/mol. The zero-order valence-corrected chi connectivity index (χ0v) is 11.8. The van der Waals surface area contributed by atoms with Gasteiger partial charge in [-0.25, -0.2) is 0 Å². The predicted molar refractivity (Wildman–Crippen MR) is 71.5 cm³/mol. The third-order valence-corrected chi connectivity index (χ3v) is 4.28. The molecule has 16 heavy (non-hydrogen) atoms. The summed E-state index contributed by atoms with van der Waals surface area (Å²) in [4.78, 5) is 2.52. The normalized spacial score (nSPS) is 29.4. The van der Waals surface area contributed by atoms with E-state index in [0.717, 1.165) is 5.92 Å². The summed E-state index contributed by atoms with van der Waals surface area (Å²) in [6, 6.07) is 1.09. The monoisotopic (exact) mass is 226 g/mol. The molecule has 1 aliphatic rings. The molecule has 0 aromatic carbocycles. The molecule has 0 aromatic heterocycles. The van der Waals surface area contributed by atoms with Gasteiger partial charge in [-0.1, -0.05) is 27.2 Å². The van der Waals surface area contributed by atoms with Gasteiger partial charge >= 0.3 is 0 Å². The first kappa shape index (κ1) is 14.0. The van der Waals surface area contributed by atoms with Gasteiger partial charge in [-0.05, 0) is 44.6 Å². The maximum Gasteiger partial charge on any atom is 0.0112 e. The van der Waals surface area contributed by atoms with Crippen molar-refractivity contribution in [3.05, 3.63) is 0 Å².